The molecular formula is C19H20N4O. The van der Waals surface area contributed by atoms with Crippen molar-refractivity contribution in [2.75, 3.05) is 13.1 Å². The molecule has 0 spiro atoms. The van der Waals surface area contributed by atoms with Gasteiger partial charge < -0.3 is 11.1 Å². The third-order valence-electron chi connectivity index (χ3n) is 4.52. The average molecular weight is 321 g/mol. The molecule has 3 N–H and O–H groups in total. The molecule has 0 aliphatic carbocycles. The third-order valence-corrected chi connectivity index (χ3v) is 4.52. The zero-order valence-corrected chi connectivity index (χ0v) is 13.3. The minimum absolute atomic E-state index is 0.0579. The summed E-state index contributed by atoms with van der Waals surface area (Å²) in [5.74, 6) is -0.251. The Labute approximate surface area is 141 Å². The smallest absolute Gasteiger partial charge is 0.250 e. The quantitative estimate of drug-likeness (QED) is 0.779. The van der Waals surface area contributed by atoms with Gasteiger partial charge >= 0.3 is 0 Å². The summed E-state index contributed by atoms with van der Waals surface area (Å²) in [5, 5.41) is 8.77. The van der Waals surface area contributed by atoms with E-state index in [1.165, 1.54) is 5.56 Å². The van der Waals surface area contributed by atoms with Crippen molar-refractivity contribution in [3.63, 3.8) is 0 Å². The van der Waals surface area contributed by atoms with Gasteiger partial charge in [0.25, 0.3) is 5.91 Å². The van der Waals surface area contributed by atoms with E-state index < -0.39 is 5.91 Å². The van der Waals surface area contributed by atoms with Gasteiger partial charge in [0, 0.05) is 19.5 Å². The number of nitrogens with one attached hydrogen (secondary N) is 1. The van der Waals surface area contributed by atoms with Crippen LogP contribution in [0.25, 0.3) is 16.6 Å². The molecule has 0 bridgehead atoms. The largest absolute Gasteiger partial charge is 0.366 e. The predicted molar refractivity (Wildman–Crippen MR) is 94.4 cm³/mol. The maximum absolute atomic E-state index is 11.6. The molecule has 1 aromatic heterocycles. The zero-order chi connectivity index (χ0) is 17.4. The van der Waals surface area contributed by atoms with Crippen LogP contribution in [-0.4, -0.2) is 28.8 Å². The van der Waals surface area contributed by atoms with E-state index >= 15 is 0 Å². The first-order valence-electron chi connectivity index (χ1n) is 8.73. The number of aromatic nitrogens is 2. The van der Waals surface area contributed by atoms with Crippen molar-refractivity contribution in [3.05, 3.63) is 59.8 Å². The number of primary amides is 1. The summed E-state index contributed by atoms with van der Waals surface area (Å²) in [5.41, 5.74) is 8.56. The molecule has 5 nitrogen and oxygen atoms in total. The van der Waals surface area contributed by atoms with Crippen LogP contribution >= 0.6 is 0 Å². The van der Waals surface area contributed by atoms with E-state index in [1.54, 1.807) is 10.7 Å². The van der Waals surface area contributed by atoms with Gasteiger partial charge in [-0.05, 0) is 49.0 Å². The first-order chi connectivity index (χ1) is 12.1. The number of hydrogen-bond acceptors (Lipinski definition) is 3. The monoisotopic (exact) mass is 321 g/mol. The number of nitrogens with two attached hydrogens (primary N) is 1. The van der Waals surface area contributed by atoms with Crippen LogP contribution in [0.15, 0.2) is 48.7 Å². The molecule has 1 unspecified atom stereocenters. The summed E-state index contributed by atoms with van der Waals surface area (Å²) >= 11 is 0. The van der Waals surface area contributed by atoms with Crippen LogP contribution in [0.2, 0.25) is 0 Å². The van der Waals surface area contributed by atoms with Crippen molar-refractivity contribution >= 4 is 16.8 Å². The summed E-state index contributed by atoms with van der Waals surface area (Å²) in [6.07, 6.45) is 2.72. The van der Waals surface area contributed by atoms with Gasteiger partial charge in [0.1, 0.15) is 5.52 Å². The van der Waals surface area contributed by atoms with Gasteiger partial charge in [-0.15, -0.1) is 0 Å². The molecule has 1 fully saturated rings. The molecule has 122 valence electrons. The molecule has 0 saturated carbocycles. The Kier molecular flexibility index (Phi) is 3.49. The Morgan fingerprint density at radius 3 is 2.88 bits per heavy atom. The molecule has 4 rings (SSSR count). The second-order valence-corrected chi connectivity index (χ2v) is 6.11. The number of benzene rings is 2. The van der Waals surface area contributed by atoms with Crippen molar-refractivity contribution in [1.29, 1.82) is 0 Å². The molecule has 3 aromatic rings. The molecule has 2 aromatic carbocycles. The molecule has 2 atom stereocenters. The lowest BCUT2D eigenvalue weighted by molar-refractivity contribution is 0.100. The minimum Gasteiger partial charge on any atom is -0.366 e. The Bertz CT molecular complexity index is 919. The summed E-state index contributed by atoms with van der Waals surface area (Å²) in [6, 6.07) is 13.6. The Morgan fingerprint density at radius 2 is 2.12 bits per heavy atom. The zero-order valence-electron chi connectivity index (χ0n) is 14.3. The second-order valence-electron chi connectivity index (χ2n) is 6.11. The summed E-state index contributed by atoms with van der Waals surface area (Å²) in [4.78, 5) is 11.6. The Morgan fingerprint density at radius 1 is 1.29 bits per heavy atom. The van der Waals surface area contributed by atoms with Crippen LogP contribution in [-0.2, 0) is 0 Å². The van der Waals surface area contributed by atoms with Gasteiger partial charge in [0.15, 0.2) is 0 Å². The maximum Gasteiger partial charge on any atom is 0.250 e. The summed E-state index contributed by atoms with van der Waals surface area (Å²) < 4.78 is 9.98. The van der Waals surface area contributed by atoms with Crippen molar-refractivity contribution in [1.82, 2.24) is 15.1 Å². The molecule has 5 heteroatoms. The molecule has 2 heterocycles. The van der Waals surface area contributed by atoms with Gasteiger partial charge in [-0.3, -0.25) is 4.79 Å². The number of piperidine rings is 1. The third kappa shape index (κ3) is 2.67. The van der Waals surface area contributed by atoms with Crippen LogP contribution < -0.4 is 11.1 Å². The van der Waals surface area contributed by atoms with Crippen molar-refractivity contribution in [2.45, 2.75) is 18.7 Å². The van der Waals surface area contributed by atoms with Gasteiger partial charge in [0.05, 0.1) is 11.3 Å². The highest BCUT2D eigenvalue weighted by Gasteiger charge is 2.15. The molecular weight excluding hydrogens is 300 g/mol. The summed E-state index contributed by atoms with van der Waals surface area (Å²) in [6.45, 7) is 1.77. The van der Waals surface area contributed by atoms with Crippen molar-refractivity contribution in [3.8, 4) is 5.69 Å². The Hall–Kier alpha value is -2.66. The fraction of sp³-hybridized carbons (Fsp3) is 0.263. The van der Waals surface area contributed by atoms with E-state index in [0.29, 0.717) is 11.1 Å². The topological polar surface area (TPSA) is 72.9 Å². The lowest BCUT2D eigenvalue weighted by Gasteiger charge is -2.23. The maximum atomic E-state index is 11.6. The van der Waals surface area contributed by atoms with Crippen LogP contribution in [0.5, 0.6) is 0 Å². The van der Waals surface area contributed by atoms with Crippen LogP contribution in [0.3, 0.4) is 0 Å². The fourth-order valence-electron chi connectivity index (χ4n) is 3.23. The number of amides is 1. The van der Waals surface area contributed by atoms with E-state index in [2.05, 4.69) is 22.5 Å². The first-order valence-corrected chi connectivity index (χ1v) is 8.15. The second kappa shape index (κ2) is 6.09. The summed E-state index contributed by atoms with van der Waals surface area (Å²) in [7, 11) is 0. The minimum atomic E-state index is -0.475. The van der Waals surface area contributed by atoms with E-state index in [0.717, 1.165) is 30.6 Å². The molecule has 1 aliphatic rings. The number of carbonyl (C=O) groups is 1. The molecule has 24 heavy (non-hydrogen) atoms. The van der Waals surface area contributed by atoms with E-state index in [1.807, 2.05) is 30.5 Å². The van der Waals surface area contributed by atoms with E-state index in [-0.39, 0.29) is 12.3 Å². The van der Waals surface area contributed by atoms with Crippen molar-refractivity contribution in [2.24, 2.45) is 5.73 Å². The van der Waals surface area contributed by atoms with E-state index in [4.69, 9.17) is 7.10 Å². The number of nitrogens with zero attached hydrogens (tertiary/aromatic N) is 2. The van der Waals surface area contributed by atoms with Crippen LogP contribution in [0.4, 0.5) is 0 Å². The van der Waals surface area contributed by atoms with Crippen LogP contribution in [0, 0.1) is 0 Å². The van der Waals surface area contributed by atoms with Gasteiger partial charge in [-0.25, -0.2) is 4.68 Å². The van der Waals surface area contributed by atoms with E-state index in [9.17, 15) is 4.79 Å². The highest BCUT2D eigenvalue weighted by Crippen LogP contribution is 2.25. The molecule has 0 radical (unpaired) electrons. The lowest BCUT2D eigenvalue weighted by atomic mass is 9.92. The first kappa shape index (κ1) is 13.7. The standard InChI is InChI=1S/C19H20N4O/c20-19(24)17-5-1-3-15-12-23(22-18(15)17)16-8-6-13(7-9-16)14-4-2-10-21-11-14/h1,3,5-9,12,14,21H,2,4,10-11H2,(H2,20,24)/t14-/m0/s1/i4D/t4?,14-. The van der Waals surface area contributed by atoms with Gasteiger partial charge in [0.2, 0.25) is 0 Å². The van der Waals surface area contributed by atoms with Crippen LogP contribution in [0.1, 0.15) is 36.0 Å². The number of rotatable bonds is 3. The fourth-order valence-corrected chi connectivity index (χ4v) is 3.23. The average Bonchev–Trinajstić information content (AvgIpc) is 3.06. The van der Waals surface area contributed by atoms with Gasteiger partial charge in [-0.1, -0.05) is 24.3 Å². The highest BCUT2D eigenvalue weighted by molar-refractivity contribution is 6.04. The predicted octanol–water partition coefficient (Wildman–Crippen LogP) is 2.59. The SMILES string of the molecule is [2H]C1CCNC[C@H]1c1ccc(-n2cc3cccc(C(N)=O)c3n2)cc1. The molecule has 1 amide bonds. The highest BCUT2D eigenvalue weighted by atomic mass is 16.1. The van der Waals surface area contributed by atoms with Crippen molar-refractivity contribution < 1.29 is 6.17 Å². The molecule has 1 saturated heterocycles. The lowest BCUT2D eigenvalue weighted by Crippen LogP contribution is -2.28. The Balaban J connectivity index is 1.67. The normalized spacial score (nSPS) is 21.6. The number of hydrogen-bond donors (Lipinski definition) is 2. The number of carbonyl (C=O) groups excluding carboxylic acids is 1. The molecule has 1 aliphatic heterocycles. The van der Waals surface area contributed by atoms with Gasteiger partial charge in [-0.2, -0.15) is 5.10 Å². The number of fused-ring (bicyclic) bond motifs is 1.